The molecule has 0 bridgehead atoms. The summed E-state index contributed by atoms with van der Waals surface area (Å²) >= 11 is 1.70. The van der Waals surface area contributed by atoms with Gasteiger partial charge in [0.05, 0.1) is 23.8 Å². The summed E-state index contributed by atoms with van der Waals surface area (Å²) in [6.07, 6.45) is 0. The fourth-order valence-electron chi connectivity index (χ4n) is 3.39. The topological polar surface area (TPSA) is 46.5 Å². The van der Waals surface area contributed by atoms with Gasteiger partial charge in [-0.3, -0.25) is 9.69 Å². The summed E-state index contributed by atoms with van der Waals surface area (Å²) in [5.74, 6) is 0.0532. The molecular formula is C20H23N3O2S. The van der Waals surface area contributed by atoms with Crippen molar-refractivity contribution in [3.63, 3.8) is 0 Å². The fraction of sp³-hybridized carbons (Fsp3) is 0.350. The molecule has 0 spiro atoms. The molecule has 0 radical (unpaired) electrons. The first-order valence-electron chi connectivity index (χ1n) is 9.00. The lowest BCUT2D eigenvalue weighted by Gasteiger charge is -2.26. The standard InChI is InChI=1S/C20H23N3O2S/c24-20(21-7-8-22-9-11-25-12-10-22)15-23-17-5-2-1-4-16(17)14-18(23)19-6-3-13-26-19/h1-6,13-14H,7-12,15H2,(H,21,24). The Kier molecular flexibility index (Phi) is 5.34. The van der Waals surface area contributed by atoms with Crippen molar-refractivity contribution in [2.24, 2.45) is 0 Å². The number of morpholine rings is 1. The van der Waals surface area contributed by atoms with Crippen molar-refractivity contribution < 1.29 is 9.53 Å². The molecule has 1 saturated heterocycles. The number of hydrogen-bond donors (Lipinski definition) is 1. The third kappa shape index (κ3) is 3.82. The second-order valence-electron chi connectivity index (χ2n) is 6.46. The Morgan fingerprint density at radius 3 is 2.81 bits per heavy atom. The highest BCUT2D eigenvalue weighted by Crippen LogP contribution is 2.31. The van der Waals surface area contributed by atoms with Crippen molar-refractivity contribution >= 4 is 28.1 Å². The van der Waals surface area contributed by atoms with Gasteiger partial charge in [-0.05, 0) is 23.6 Å². The van der Waals surface area contributed by atoms with Gasteiger partial charge in [-0.2, -0.15) is 0 Å². The van der Waals surface area contributed by atoms with Gasteiger partial charge in [-0.15, -0.1) is 11.3 Å². The van der Waals surface area contributed by atoms with Crippen LogP contribution in [0.3, 0.4) is 0 Å². The van der Waals surface area contributed by atoms with Crippen LogP contribution in [0.5, 0.6) is 0 Å². The Bertz CT molecular complexity index is 866. The number of rotatable bonds is 6. The third-order valence-corrected chi connectivity index (χ3v) is 5.63. The second kappa shape index (κ2) is 8.03. The summed E-state index contributed by atoms with van der Waals surface area (Å²) in [5.41, 5.74) is 2.20. The van der Waals surface area contributed by atoms with E-state index in [1.165, 1.54) is 4.88 Å². The van der Waals surface area contributed by atoms with E-state index < -0.39 is 0 Å². The average Bonchev–Trinajstić information content (AvgIpc) is 3.31. The van der Waals surface area contributed by atoms with Gasteiger partial charge in [0.2, 0.25) is 5.91 Å². The van der Waals surface area contributed by atoms with Crippen LogP contribution in [-0.4, -0.2) is 54.8 Å². The summed E-state index contributed by atoms with van der Waals surface area (Å²) in [4.78, 5) is 16.1. The number of fused-ring (bicyclic) bond motifs is 1. The van der Waals surface area contributed by atoms with Crippen LogP contribution in [-0.2, 0) is 16.1 Å². The van der Waals surface area contributed by atoms with Crippen LogP contribution in [0.2, 0.25) is 0 Å². The molecule has 1 aliphatic heterocycles. The van der Waals surface area contributed by atoms with Crippen molar-refractivity contribution in [2.75, 3.05) is 39.4 Å². The number of amides is 1. The highest BCUT2D eigenvalue weighted by molar-refractivity contribution is 7.13. The molecule has 26 heavy (non-hydrogen) atoms. The van der Waals surface area contributed by atoms with Crippen LogP contribution < -0.4 is 5.32 Å². The van der Waals surface area contributed by atoms with Crippen molar-refractivity contribution in [2.45, 2.75) is 6.54 Å². The number of nitrogens with zero attached hydrogens (tertiary/aromatic N) is 2. The highest BCUT2D eigenvalue weighted by atomic mass is 32.1. The van der Waals surface area contributed by atoms with Crippen LogP contribution in [0.1, 0.15) is 0 Å². The second-order valence-corrected chi connectivity index (χ2v) is 7.40. The van der Waals surface area contributed by atoms with Gasteiger partial charge in [0.1, 0.15) is 6.54 Å². The molecule has 1 aromatic carbocycles. The molecular weight excluding hydrogens is 346 g/mol. The lowest BCUT2D eigenvalue weighted by molar-refractivity contribution is -0.121. The number of para-hydroxylation sites is 1. The lowest BCUT2D eigenvalue weighted by Crippen LogP contribution is -2.41. The van der Waals surface area contributed by atoms with E-state index in [-0.39, 0.29) is 5.91 Å². The maximum Gasteiger partial charge on any atom is 0.240 e. The predicted octanol–water partition coefficient (Wildman–Crippen LogP) is 2.82. The SMILES string of the molecule is O=C(Cn1c(-c2cccs2)cc2ccccc21)NCCN1CCOCC1. The molecule has 0 atom stereocenters. The normalized spacial score (nSPS) is 15.4. The zero-order valence-electron chi connectivity index (χ0n) is 14.7. The van der Waals surface area contributed by atoms with E-state index in [4.69, 9.17) is 4.74 Å². The van der Waals surface area contributed by atoms with E-state index in [0.717, 1.165) is 49.4 Å². The van der Waals surface area contributed by atoms with Gasteiger partial charge in [0, 0.05) is 37.1 Å². The monoisotopic (exact) mass is 369 g/mol. The van der Waals surface area contributed by atoms with E-state index in [1.54, 1.807) is 11.3 Å². The van der Waals surface area contributed by atoms with Crippen LogP contribution >= 0.6 is 11.3 Å². The molecule has 0 aliphatic carbocycles. The number of aromatic nitrogens is 1. The third-order valence-electron chi connectivity index (χ3n) is 4.74. The van der Waals surface area contributed by atoms with Gasteiger partial charge < -0.3 is 14.6 Å². The first-order valence-corrected chi connectivity index (χ1v) is 9.88. The summed E-state index contributed by atoms with van der Waals surface area (Å²) in [7, 11) is 0. The molecule has 3 aromatic rings. The quantitative estimate of drug-likeness (QED) is 0.727. The predicted molar refractivity (Wildman–Crippen MR) is 106 cm³/mol. The molecule has 6 heteroatoms. The minimum atomic E-state index is 0.0532. The molecule has 1 N–H and O–H groups in total. The Balaban J connectivity index is 1.45. The van der Waals surface area contributed by atoms with Crippen LogP contribution in [0.25, 0.3) is 21.5 Å². The Hall–Kier alpha value is -2.15. The Morgan fingerprint density at radius 1 is 1.15 bits per heavy atom. The van der Waals surface area contributed by atoms with Crippen LogP contribution in [0.15, 0.2) is 47.8 Å². The molecule has 4 rings (SSSR count). The molecule has 1 fully saturated rings. The number of ether oxygens (including phenoxy) is 1. The van der Waals surface area contributed by atoms with Gasteiger partial charge >= 0.3 is 0 Å². The summed E-state index contributed by atoms with van der Waals surface area (Å²) in [5, 5.41) is 6.30. The Morgan fingerprint density at radius 2 is 2.00 bits per heavy atom. The summed E-state index contributed by atoms with van der Waals surface area (Å²) < 4.78 is 7.47. The number of carbonyl (C=O) groups is 1. The first-order chi connectivity index (χ1) is 12.8. The van der Waals surface area contributed by atoms with E-state index in [9.17, 15) is 4.79 Å². The Labute approximate surface area is 157 Å². The number of carbonyl (C=O) groups excluding carboxylic acids is 1. The van der Waals surface area contributed by atoms with Crippen LogP contribution in [0.4, 0.5) is 0 Å². The average molecular weight is 369 g/mol. The fourth-order valence-corrected chi connectivity index (χ4v) is 4.14. The maximum absolute atomic E-state index is 12.5. The zero-order valence-corrected chi connectivity index (χ0v) is 15.5. The van der Waals surface area contributed by atoms with Crippen molar-refractivity contribution in [1.82, 2.24) is 14.8 Å². The largest absolute Gasteiger partial charge is 0.379 e. The first kappa shape index (κ1) is 17.3. The summed E-state index contributed by atoms with van der Waals surface area (Å²) in [6.45, 7) is 5.34. The van der Waals surface area contributed by atoms with E-state index in [2.05, 4.69) is 44.4 Å². The van der Waals surface area contributed by atoms with E-state index in [0.29, 0.717) is 13.1 Å². The molecule has 136 valence electrons. The number of nitrogens with one attached hydrogen (secondary N) is 1. The molecule has 2 aromatic heterocycles. The molecule has 3 heterocycles. The minimum Gasteiger partial charge on any atom is -0.379 e. The molecule has 0 unspecified atom stereocenters. The minimum absolute atomic E-state index is 0.0532. The summed E-state index contributed by atoms with van der Waals surface area (Å²) in [6, 6.07) is 14.5. The van der Waals surface area contributed by atoms with Crippen molar-refractivity contribution in [3.05, 3.63) is 47.8 Å². The van der Waals surface area contributed by atoms with E-state index in [1.807, 2.05) is 18.2 Å². The number of benzene rings is 1. The van der Waals surface area contributed by atoms with Crippen LogP contribution in [0, 0.1) is 0 Å². The van der Waals surface area contributed by atoms with Crippen molar-refractivity contribution in [3.8, 4) is 10.6 Å². The smallest absolute Gasteiger partial charge is 0.240 e. The van der Waals surface area contributed by atoms with Gasteiger partial charge in [-0.1, -0.05) is 24.3 Å². The lowest BCUT2D eigenvalue weighted by atomic mass is 10.2. The highest BCUT2D eigenvalue weighted by Gasteiger charge is 2.15. The zero-order chi connectivity index (χ0) is 17.8. The molecule has 1 amide bonds. The molecule has 0 saturated carbocycles. The maximum atomic E-state index is 12.5. The van der Waals surface area contributed by atoms with Gasteiger partial charge in [-0.25, -0.2) is 0 Å². The molecule has 1 aliphatic rings. The van der Waals surface area contributed by atoms with Gasteiger partial charge in [0.25, 0.3) is 0 Å². The number of hydrogen-bond acceptors (Lipinski definition) is 4. The number of thiophene rings is 1. The van der Waals surface area contributed by atoms with E-state index >= 15 is 0 Å². The van der Waals surface area contributed by atoms with Gasteiger partial charge in [0.15, 0.2) is 0 Å². The molecule has 5 nitrogen and oxygen atoms in total. The van der Waals surface area contributed by atoms with Crippen molar-refractivity contribution in [1.29, 1.82) is 0 Å².